The third-order valence-corrected chi connectivity index (χ3v) is 7.66. The van der Waals surface area contributed by atoms with Crippen LogP contribution in [0, 0.1) is 18.8 Å². The first-order valence-corrected chi connectivity index (χ1v) is 14.6. The predicted molar refractivity (Wildman–Crippen MR) is 160 cm³/mol. The van der Waals surface area contributed by atoms with Crippen LogP contribution < -0.4 is 0 Å². The van der Waals surface area contributed by atoms with Crippen molar-refractivity contribution >= 4 is 17.7 Å². The van der Waals surface area contributed by atoms with Crippen molar-refractivity contribution in [2.75, 3.05) is 0 Å². The highest BCUT2D eigenvalue weighted by molar-refractivity contribution is 5.87. The first kappa shape index (κ1) is 29.5. The molecule has 1 unspecified atom stereocenters. The van der Waals surface area contributed by atoms with Crippen LogP contribution in [0.2, 0.25) is 0 Å². The number of unbranched alkanes of at least 4 members (excludes halogenated alkanes) is 3. The number of nitrogens with zero attached hydrogens (tertiary/aromatic N) is 2. The maximum atomic E-state index is 11.1. The molecule has 3 aromatic rings. The van der Waals surface area contributed by atoms with Gasteiger partial charge in [-0.15, -0.1) is 0 Å². The van der Waals surface area contributed by atoms with Gasteiger partial charge in [-0.25, -0.2) is 4.98 Å². The first-order valence-electron chi connectivity index (χ1n) is 14.6. The summed E-state index contributed by atoms with van der Waals surface area (Å²) >= 11 is 0. The van der Waals surface area contributed by atoms with E-state index in [2.05, 4.69) is 45.7 Å². The number of aliphatic imine (C=N–C) groups is 1. The molecule has 4 nitrogen and oxygen atoms in total. The number of aryl methyl sites for hydroxylation is 1. The number of carbonyl (C=O) groups is 1. The highest BCUT2D eigenvalue weighted by atomic mass is 16.4. The number of rotatable bonds is 10. The standard InChI is InChI=1S/C27H32N2O2.C7H14/c1-5-6-7-8-10-19(2)21(4)29-25-16-24(14-13-20(25)3)27-28-17-26(31-27)23-12-9-11-22(15-23)18-30;1-7-5-3-2-4-6-7/h9,11-19H,5-8,10H2,1-4H3;7H,2-6H2,1H3. The van der Waals surface area contributed by atoms with Crippen LogP contribution in [0.4, 0.5) is 5.69 Å². The Hall–Kier alpha value is -3.01. The van der Waals surface area contributed by atoms with E-state index in [-0.39, 0.29) is 0 Å². The van der Waals surface area contributed by atoms with E-state index < -0.39 is 0 Å². The Morgan fingerprint density at radius 1 is 1.08 bits per heavy atom. The smallest absolute Gasteiger partial charge is 0.226 e. The van der Waals surface area contributed by atoms with Crippen molar-refractivity contribution in [3.05, 3.63) is 59.8 Å². The summed E-state index contributed by atoms with van der Waals surface area (Å²) in [5.74, 6) is 2.70. The average molecular weight is 515 g/mol. The molecule has 0 aliphatic heterocycles. The van der Waals surface area contributed by atoms with Crippen molar-refractivity contribution in [3.63, 3.8) is 0 Å². The summed E-state index contributed by atoms with van der Waals surface area (Å²) < 4.78 is 6.00. The van der Waals surface area contributed by atoms with Crippen molar-refractivity contribution in [2.45, 2.75) is 98.8 Å². The van der Waals surface area contributed by atoms with Gasteiger partial charge in [0.15, 0.2) is 5.76 Å². The average Bonchev–Trinajstić information content (AvgIpc) is 3.43. The van der Waals surface area contributed by atoms with Gasteiger partial charge in [0.1, 0.15) is 6.29 Å². The van der Waals surface area contributed by atoms with Crippen LogP contribution in [0.5, 0.6) is 0 Å². The summed E-state index contributed by atoms with van der Waals surface area (Å²) in [6.45, 7) is 11.1. The molecule has 1 saturated carbocycles. The van der Waals surface area contributed by atoms with Gasteiger partial charge >= 0.3 is 0 Å². The van der Waals surface area contributed by atoms with Gasteiger partial charge in [0.25, 0.3) is 0 Å². The SMILES string of the molecule is CC1CCCCC1.CCCCCCC(C)C(C)=Nc1cc(-c2ncc(-c3cccc(C=O)c3)o2)ccc1C. The lowest BCUT2D eigenvalue weighted by Gasteiger charge is -2.15. The summed E-state index contributed by atoms with van der Waals surface area (Å²) in [4.78, 5) is 20.4. The molecule has 0 saturated heterocycles. The third-order valence-electron chi connectivity index (χ3n) is 7.66. The van der Waals surface area contributed by atoms with Crippen molar-refractivity contribution in [3.8, 4) is 22.8 Å². The van der Waals surface area contributed by atoms with Crippen LogP contribution >= 0.6 is 0 Å². The number of benzene rings is 2. The summed E-state index contributed by atoms with van der Waals surface area (Å²) in [5, 5.41) is 0. The molecule has 0 amide bonds. The Bertz CT molecular complexity index is 1170. The molecule has 4 heteroatoms. The second kappa shape index (κ2) is 15.4. The van der Waals surface area contributed by atoms with Gasteiger partial charge in [0, 0.05) is 22.4 Å². The quantitative estimate of drug-likeness (QED) is 0.154. The topological polar surface area (TPSA) is 55.5 Å². The van der Waals surface area contributed by atoms with E-state index in [1.165, 1.54) is 64.2 Å². The zero-order chi connectivity index (χ0) is 27.3. The monoisotopic (exact) mass is 514 g/mol. The Morgan fingerprint density at radius 3 is 2.55 bits per heavy atom. The van der Waals surface area contributed by atoms with Crippen molar-refractivity contribution in [1.29, 1.82) is 0 Å². The van der Waals surface area contributed by atoms with Crippen LogP contribution in [0.1, 0.15) is 108 Å². The van der Waals surface area contributed by atoms with Gasteiger partial charge in [-0.05, 0) is 55.9 Å². The van der Waals surface area contributed by atoms with Gasteiger partial charge in [-0.1, -0.05) is 103 Å². The van der Waals surface area contributed by atoms with E-state index in [0.717, 1.165) is 40.3 Å². The highest BCUT2D eigenvalue weighted by Gasteiger charge is 2.12. The van der Waals surface area contributed by atoms with E-state index in [1.54, 1.807) is 18.3 Å². The molecule has 1 aromatic heterocycles. The van der Waals surface area contributed by atoms with Gasteiger partial charge in [0.2, 0.25) is 5.89 Å². The summed E-state index contributed by atoms with van der Waals surface area (Å²) in [7, 11) is 0. The van der Waals surface area contributed by atoms with Crippen LogP contribution in [0.15, 0.2) is 58.1 Å². The Labute approximate surface area is 230 Å². The minimum atomic E-state index is 0.471. The minimum Gasteiger partial charge on any atom is -0.436 e. The maximum absolute atomic E-state index is 11.1. The molecule has 38 heavy (non-hydrogen) atoms. The number of hydrogen-bond acceptors (Lipinski definition) is 4. The predicted octanol–water partition coefficient (Wildman–Crippen LogP) is 10.4. The molecular formula is C34H46N2O2. The molecule has 0 N–H and O–H groups in total. The van der Waals surface area contributed by atoms with Crippen LogP contribution in [0.25, 0.3) is 22.8 Å². The molecule has 1 aliphatic carbocycles. The van der Waals surface area contributed by atoms with E-state index >= 15 is 0 Å². The highest BCUT2D eigenvalue weighted by Crippen LogP contribution is 2.31. The molecule has 0 spiro atoms. The van der Waals surface area contributed by atoms with Crippen molar-refractivity contribution < 1.29 is 9.21 Å². The molecular weight excluding hydrogens is 468 g/mol. The van der Waals surface area contributed by atoms with Gasteiger partial charge in [-0.2, -0.15) is 0 Å². The van der Waals surface area contributed by atoms with Crippen LogP contribution in [0.3, 0.4) is 0 Å². The second-order valence-electron chi connectivity index (χ2n) is 11.0. The zero-order valence-electron chi connectivity index (χ0n) is 24.1. The Morgan fingerprint density at radius 2 is 1.87 bits per heavy atom. The lowest BCUT2D eigenvalue weighted by atomic mass is 9.91. The van der Waals surface area contributed by atoms with Crippen LogP contribution in [-0.4, -0.2) is 17.0 Å². The fourth-order valence-corrected chi connectivity index (χ4v) is 4.86. The van der Waals surface area contributed by atoms with Crippen molar-refractivity contribution in [1.82, 2.24) is 4.98 Å². The van der Waals surface area contributed by atoms with E-state index in [1.807, 2.05) is 24.3 Å². The molecule has 1 fully saturated rings. The molecule has 1 aliphatic rings. The minimum absolute atomic E-state index is 0.471. The van der Waals surface area contributed by atoms with E-state index in [9.17, 15) is 4.79 Å². The first-order chi connectivity index (χ1) is 18.4. The fraction of sp³-hybridized carbons (Fsp3) is 0.500. The normalized spacial score (nSPS) is 15.0. The number of carbonyl (C=O) groups excluding carboxylic acids is 1. The van der Waals surface area contributed by atoms with Crippen molar-refractivity contribution in [2.24, 2.45) is 16.8 Å². The number of oxazole rings is 1. The molecule has 0 bridgehead atoms. The second-order valence-corrected chi connectivity index (χ2v) is 11.0. The molecule has 4 rings (SSSR count). The molecule has 204 valence electrons. The van der Waals surface area contributed by atoms with Gasteiger partial charge in [0.05, 0.1) is 11.9 Å². The number of hydrogen-bond donors (Lipinski definition) is 0. The molecule has 0 radical (unpaired) electrons. The number of aromatic nitrogens is 1. The molecule has 1 heterocycles. The lowest BCUT2D eigenvalue weighted by molar-refractivity contribution is 0.112. The molecule has 1 atom stereocenters. The zero-order valence-corrected chi connectivity index (χ0v) is 24.1. The van der Waals surface area contributed by atoms with Gasteiger partial charge < -0.3 is 4.42 Å². The molecule has 2 aromatic carbocycles. The maximum Gasteiger partial charge on any atom is 0.226 e. The number of aldehydes is 1. The Kier molecular flexibility index (Phi) is 12.0. The fourth-order valence-electron chi connectivity index (χ4n) is 4.86. The van der Waals surface area contributed by atoms with E-state index in [4.69, 9.17) is 9.41 Å². The third kappa shape index (κ3) is 9.08. The van der Waals surface area contributed by atoms with Gasteiger partial charge in [-0.3, -0.25) is 9.79 Å². The summed E-state index contributed by atoms with van der Waals surface area (Å²) in [6.07, 6.45) is 16.3. The lowest BCUT2D eigenvalue weighted by Crippen LogP contribution is -2.06. The Balaban J connectivity index is 0.000000494. The van der Waals surface area contributed by atoms with Crippen LogP contribution in [-0.2, 0) is 0 Å². The van der Waals surface area contributed by atoms with E-state index in [0.29, 0.717) is 23.1 Å². The summed E-state index contributed by atoms with van der Waals surface area (Å²) in [5.41, 5.74) is 5.59. The summed E-state index contributed by atoms with van der Waals surface area (Å²) in [6, 6.07) is 13.4. The largest absolute Gasteiger partial charge is 0.436 e.